The van der Waals surface area contributed by atoms with E-state index in [-0.39, 0.29) is 6.03 Å². The first-order valence-electron chi connectivity index (χ1n) is 6.92. The highest BCUT2D eigenvalue weighted by Crippen LogP contribution is 2.24. The van der Waals surface area contributed by atoms with E-state index in [4.69, 9.17) is 0 Å². The van der Waals surface area contributed by atoms with Crippen molar-refractivity contribution in [3.05, 3.63) is 36.2 Å². The van der Waals surface area contributed by atoms with Crippen molar-refractivity contribution in [3.8, 4) is 0 Å². The molecular formula is C15H21N3O. The Morgan fingerprint density at radius 3 is 2.84 bits per heavy atom. The number of hydrogen-bond donors (Lipinski definition) is 2. The van der Waals surface area contributed by atoms with E-state index >= 15 is 0 Å². The predicted molar refractivity (Wildman–Crippen MR) is 76.8 cm³/mol. The van der Waals surface area contributed by atoms with Gasteiger partial charge in [-0.25, -0.2) is 9.78 Å². The summed E-state index contributed by atoms with van der Waals surface area (Å²) in [6.45, 7) is 1.89. The number of nitrogens with one attached hydrogen (secondary N) is 2. The number of amides is 2. The second-order valence-electron chi connectivity index (χ2n) is 5.02. The molecule has 0 bridgehead atoms. The molecule has 0 atom stereocenters. The number of hydrogen-bond acceptors (Lipinski definition) is 2. The number of aryl methyl sites for hydroxylation is 1. The minimum absolute atomic E-state index is 0.245. The van der Waals surface area contributed by atoms with Gasteiger partial charge in [-0.2, -0.15) is 0 Å². The number of nitrogens with zero attached hydrogens (tertiary/aromatic N) is 1. The summed E-state index contributed by atoms with van der Waals surface area (Å²) in [6, 6.07) is 5.30. The van der Waals surface area contributed by atoms with Crippen LogP contribution in [0.15, 0.2) is 30.5 Å². The van der Waals surface area contributed by atoms with Crippen molar-refractivity contribution in [1.82, 2.24) is 10.3 Å². The van der Waals surface area contributed by atoms with Crippen LogP contribution in [0.4, 0.5) is 10.6 Å². The fraction of sp³-hybridized carbons (Fsp3) is 0.467. The van der Waals surface area contributed by atoms with E-state index < -0.39 is 0 Å². The second-order valence-corrected chi connectivity index (χ2v) is 5.02. The van der Waals surface area contributed by atoms with Crippen LogP contribution in [0.5, 0.6) is 0 Å². The Morgan fingerprint density at radius 2 is 2.11 bits per heavy atom. The van der Waals surface area contributed by atoms with Crippen LogP contribution >= 0.6 is 0 Å². The van der Waals surface area contributed by atoms with E-state index in [0.717, 1.165) is 5.69 Å². The maximum absolute atomic E-state index is 11.7. The van der Waals surface area contributed by atoms with Crippen LogP contribution in [0, 0.1) is 12.8 Å². The van der Waals surface area contributed by atoms with E-state index in [9.17, 15) is 4.79 Å². The Balaban J connectivity index is 1.76. The molecule has 2 rings (SSSR count). The molecule has 19 heavy (non-hydrogen) atoms. The van der Waals surface area contributed by atoms with Crippen LogP contribution in [-0.4, -0.2) is 11.0 Å². The van der Waals surface area contributed by atoms with Gasteiger partial charge < -0.3 is 5.32 Å². The minimum atomic E-state index is -0.245. The van der Waals surface area contributed by atoms with Crippen molar-refractivity contribution in [2.24, 2.45) is 5.92 Å². The summed E-state index contributed by atoms with van der Waals surface area (Å²) in [7, 11) is 0. The van der Waals surface area contributed by atoms with Crippen LogP contribution in [0.1, 0.15) is 37.8 Å². The van der Waals surface area contributed by atoms with Crippen molar-refractivity contribution in [3.63, 3.8) is 0 Å². The van der Waals surface area contributed by atoms with Crippen LogP contribution in [0.3, 0.4) is 0 Å². The van der Waals surface area contributed by atoms with E-state index in [1.54, 1.807) is 12.3 Å². The van der Waals surface area contributed by atoms with E-state index in [0.29, 0.717) is 11.7 Å². The number of urea groups is 1. The third-order valence-corrected chi connectivity index (χ3v) is 3.36. The Hall–Kier alpha value is -1.84. The van der Waals surface area contributed by atoms with Crippen LogP contribution in [0.2, 0.25) is 0 Å². The molecule has 1 aliphatic rings. The van der Waals surface area contributed by atoms with Crippen LogP contribution in [-0.2, 0) is 0 Å². The molecule has 4 heteroatoms. The lowest BCUT2D eigenvalue weighted by molar-refractivity contribution is 0.255. The largest absolute Gasteiger partial charge is 0.324 e. The first-order valence-corrected chi connectivity index (χ1v) is 6.92. The second kappa shape index (κ2) is 6.92. The maximum atomic E-state index is 11.7. The molecule has 0 spiro atoms. The van der Waals surface area contributed by atoms with Gasteiger partial charge in [0.1, 0.15) is 5.82 Å². The van der Waals surface area contributed by atoms with E-state index in [1.165, 1.54) is 32.1 Å². The van der Waals surface area contributed by atoms with Gasteiger partial charge in [0.05, 0.1) is 0 Å². The zero-order valence-electron chi connectivity index (χ0n) is 11.4. The molecule has 1 fully saturated rings. The molecule has 0 aliphatic heterocycles. The summed E-state index contributed by atoms with van der Waals surface area (Å²) in [4.78, 5) is 15.9. The normalized spacial score (nSPS) is 16.5. The molecule has 102 valence electrons. The number of aromatic nitrogens is 1. The van der Waals surface area contributed by atoms with Crippen molar-refractivity contribution in [2.45, 2.75) is 39.0 Å². The van der Waals surface area contributed by atoms with Gasteiger partial charge in [-0.3, -0.25) is 5.32 Å². The zero-order chi connectivity index (χ0) is 13.5. The first-order chi connectivity index (χ1) is 9.24. The van der Waals surface area contributed by atoms with E-state index in [1.807, 2.05) is 19.1 Å². The molecule has 0 saturated heterocycles. The van der Waals surface area contributed by atoms with Crippen LogP contribution < -0.4 is 10.6 Å². The Labute approximate surface area is 114 Å². The maximum Gasteiger partial charge on any atom is 0.324 e. The SMILES string of the molecule is Cc1cccc(NC(=O)N/C=C/C2CCCCC2)n1. The molecule has 1 aromatic heterocycles. The topological polar surface area (TPSA) is 54.0 Å². The number of carbonyl (C=O) groups excluding carboxylic acids is 1. The van der Waals surface area contributed by atoms with Gasteiger partial charge in [0.25, 0.3) is 0 Å². The van der Waals surface area contributed by atoms with Gasteiger partial charge in [-0.15, -0.1) is 0 Å². The molecule has 1 saturated carbocycles. The summed E-state index contributed by atoms with van der Waals surface area (Å²) in [5.41, 5.74) is 0.885. The molecule has 2 amide bonds. The highest BCUT2D eigenvalue weighted by atomic mass is 16.2. The number of allylic oxidation sites excluding steroid dienone is 1. The number of carbonyl (C=O) groups is 1. The Kier molecular flexibility index (Phi) is 4.95. The summed E-state index contributed by atoms with van der Waals surface area (Å²) in [5, 5.41) is 5.44. The molecule has 4 nitrogen and oxygen atoms in total. The highest BCUT2D eigenvalue weighted by molar-refractivity contribution is 5.88. The lowest BCUT2D eigenvalue weighted by Crippen LogP contribution is -2.24. The van der Waals surface area contributed by atoms with Crippen molar-refractivity contribution < 1.29 is 4.79 Å². The molecule has 0 aromatic carbocycles. The van der Waals surface area contributed by atoms with Gasteiger partial charge in [0.2, 0.25) is 0 Å². The Bertz CT molecular complexity index is 450. The van der Waals surface area contributed by atoms with Crippen molar-refractivity contribution in [2.75, 3.05) is 5.32 Å². The summed E-state index contributed by atoms with van der Waals surface area (Å²) < 4.78 is 0. The molecule has 0 unspecified atom stereocenters. The smallest absolute Gasteiger partial charge is 0.315 e. The average Bonchev–Trinajstić information content (AvgIpc) is 2.40. The van der Waals surface area contributed by atoms with Gasteiger partial charge in [0.15, 0.2) is 0 Å². The molecule has 0 radical (unpaired) electrons. The monoisotopic (exact) mass is 259 g/mol. The molecule has 1 aromatic rings. The summed E-state index contributed by atoms with van der Waals surface area (Å²) >= 11 is 0. The summed E-state index contributed by atoms with van der Waals surface area (Å²) in [6.07, 6.45) is 10.3. The lowest BCUT2D eigenvalue weighted by atomic mass is 9.89. The summed E-state index contributed by atoms with van der Waals surface area (Å²) in [5.74, 6) is 1.19. The van der Waals surface area contributed by atoms with Gasteiger partial charge in [-0.05, 0) is 37.8 Å². The zero-order valence-corrected chi connectivity index (χ0v) is 11.4. The number of anilines is 1. The minimum Gasteiger partial charge on any atom is -0.315 e. The fourth-order valence-corrected chi connectivity index (χ4v) is 2.35. The Morgan fingerprint density at radius 1 is 1.32 bits per heavy atom. The van der Waals surface area contributed by atoms with Gasteiger partial charge >= 0.3 is 6.03 Å². The third kappa shape index (κ3) is 4.73. The quantitative estimate of drug-likeness (QED) is 0.871. The molecule has 2 N–H and O–H groups in total. The first kappa shape index (κ1) is 13.6. The van der Waals surface area contributed by atoms with Crippen molar-refractivity contribution >= 4 is 11.8 Å². The number of pyridine rings is 1. The fourth-order valence-electron chi connectivity index (χ4n) is 2.35. The van der Waals surface area contributed by atoms with Crippen molar-refractivity contribution in [1.29, 1.82) is 0 Å². The molecule has 1 aliphatic carbocycles. The highest BCUT2D eigenvalue weighted by Gasteiger charge is 2.09. The predicted octanol–water partition coefficient (Wildman–Crippen LogP) is 3.61. The third-order valence-electron chi connectivity index (χ3n) is 3.36. The van der Waals surface area contributed by atoms with Gasteiger partial charge in [0, 0.05) is 11.9 Å². The molecule has 1 heterocycles. The average molecular weight is 259 g/mol. The van der Waals surface area contributed by atoms with E-state index in [2.05, 4.69) is 21.7 Å². The van der Waals surface area contributed by atoms with Crippen LogP contribution in [0.25, 0.3) is 0 Å². The lowest BCUT2D eigenvalue weighted by Gasteiger charge is -2.17. The number of rotatable bonds is 3. The van der Waals surface area contributed by atoms with Gasteiger partial charge in [-0.1, -0.05) is 31.4 Å². The molecular weight excluding hydrogens is 238 g/mol. The standard InChI is InChI=1S/C15H21N3O/c1-12-6-5-9-14(17-12)18-15(19)16-11-10-13-7-3-2-4-8-13/h5-6,9-11,13H,2-4,7-8H2,1H3,(H2,16,17,18,19)/b11-10+.